The van der Waals surface area contributed by atoms with Gasteiger partial charge in [-0.25, -0.2) is 9.07 Å². The lowest BCUT2D eigenvalue weighted by atomic mass is 10.1. The highest BCUT2D eigenvalue weighted by Gasteiger charge is 2.21. The Morgan fingerprint density at radius 2 is 2.21 bits per heavy atom. The minimum atomic E-state index is -0.369. The Bertz CT molecular complexity index is 606. The van der Waals surface area contributed by atoms with Gasteiger partial charge in [-0.3, -0.25) is 4.79 Å². The van der Waals surface area contributed by atoms with E-state index in [1.165, 1.54) is 6.07 Å². The van der Waals surface area contributed by atoms with Crippen molar-refractivity contribution in [3.05, 3.63) is 47.5 Å². The summed E-state index contributed by atoms with van der Waals surface area (Å²) in [7, 11) is 0. The van der Waals surface area contributed by atoms with Crippen LogP contribution in [0.25, 0.3) is 0 Å². The first-order chi connectivity index (χ1) is 9.24. The Morgan fingerprint density at radius 3 is 2.89 bits per heavy atom. The van der Waals surface area contributed by atoms with Gasteiger partial charge in [0.05, 0.1) is 12.2 Å². The summed E-state index contributed by atoms with van der Waals surface area (Å²) >= 11 is 0. The summed E-state index contributed by atoms with van der Waals surface area (Å²) in [5.41, 5.74) is 0.669. The number of carbonyl (C=O) groups is 1. The zero-order valence-electron chi connectivity index (χ0n) is 10.2. The van der Waals surface area contributed by atoms with Crippen molar-refractivity contribution in [2.45, 2.75) is 12.5 Å². The topological polar surface area (TPSA) is 59.8 Å². The summed E-state index contributed by atoms with van der Waals surface area (Å²) in [6, 6.07) is 6.53. The predicted molar refractivity (Wildman–Crippen MR) is 66.4 cm³/mol. The molecule has 5 nitrogen and oxygen atoms in total. The molecule has 3 rings (SSSR count). The van der Waals surface area contributed by atoms with Crippen LogP contribution in [0.2, 0.25) is 0 Å². The van der Waals surface area contributed by atoms with Gasteiger partial charge in [0.2, 0.25) is 0 Å². The summed E-state index contributed by atoms with van der Waals surface area (Å²) in [6.07, 6.45) is 1.64. The van der Waals surface area contributed by atoms with Crippen LogP contribution in [0.3, 0.4) is 0 Å². The van der Waals surface area contributed by atoms with Gasteiger partial charge in [-0.1, -0.05) is 23.4 Å². The van der Waals surface area contributed by atoms with E-state index >= 15 is 0 Å². The first-order valence-electron chi connectivity index (χ1n) is 6.13. The first-order valence-corrected chi connectivity index (χ1v) is 6.13. The van der Waals surface area contributed by atoms with Crippen LogP contribution < -0.4 is 5.32 Å². The number of Topliss-reactive ketones (excluding diaryl/α,β-unsaturated/α-hetero) is 1. The normalized spacial score (nSPS) is 15.2. The monoisotopic (exact) mass is 260 g/mol. The average molecular weight is 260 g/mol. The molecule has 2 heterocycles. The molecule has 98 valence electrons. The van der Waals surface area contributed by atoms with Crippen LogP contribution in [-0.2, 0) is 6.42 Å². The molecule has 1 fully saturated rings. The van der Waals surface area contributed by atoms with Crippen molar-refractivity contribution in [3.8, 4) is 0 Å². The highest BCUT2D eigenvalue weighted by atomic mass is 19.1. The standard InChI is InChI=1S/C13H13FN4O/c14-11-4-2-1-3-9(11)5-13(19)12-8-18(17-16-12)10-6-15-7-10/h1-4,8,10,15H,5-7H2. The number of carbonyl (C=O) groups excluding carboxylic acids is 1. The van der Waals surface area contributed by atoms with Crippen LogP contribution in [0.1, 0.15) is 22.1 Å². The third-order valence-corrected chi connectivity index (χ3v) is 3.24. The summed E-state index contributed by atoms with van der Waals surface area (Å²) in [4.78, 5) is 12.0. The Balaban J connectivity index is 1.73. The van der Waals surface area contributed by atoms with Crippen molar-refractivity contribution in [3.63, 3.8) is 0 Å². The summed E-state index contributed by atoms with van der Waals surface area (Å²) in [5.74, 6) is -0.588. The zero-order chi connectivity index (χ0) is 13.2. The number of nitrogens with zero attached hydrogens (tertiary/aromatic N) is 3. The predicted octanol–water partition coefficient (Wildman–Crippen LogP) is 0.987. The second-order valence-electron chi connectivity index (χ2n) is 4.59. The third-order valence-electron chi connectivity index (χ3n) is 3.24. The fraction of sp³-hybridized carbons (Fsp3) is 0.308. The number of ketones is 1. The summed E-state index contributed by atoms with van der Waals surface area (Å²) < 4.78 is 15.1. The van der Waals surface area contributed by atoms with Gasteiger partial charge in [0.15, 0.2) is 5.78 Å². The van der Waals surface area contributed by atoms with Crippen molar-refractivity contribution < 1.29 is 9.18 Å². The zero-order valence-corrected chi connectivity index (χ0v) is 10.2. The van der Waals surface area contributed by atoms with Crippen molar-refractivity contribution in [1.29, 1.82) is 0 Å². The number of halogens is 1. The molecule has 1 saturated heterocycles. The van der Waals surface area contributed by atoms with Gasteiger partial charge < -0.3 is 5.32 Å². The third kappa shape index (κ3) is 2.39. The molecule has 0 unspecified atom stereocenters. The molecule has 2 aromatic rings. The highest BCUT2D eigenvalue weighted by Crippen LogP contribution is 2.13. The molecule has 0 amide bonds. The Hall–Kier alpha value is -2.08. The highest BCUT2D eigenvalue weighted by molar-refractivity contribution is 5.95. The molecule has 0 spiro atoms. The lowest BCUT2D eigenvalue weighted by Gasteiger charge is -2.26. The van der Waals surface area contributed by atoms with Gasteiger partial charge >= 0.3 is 0 Å². The maximum absolute atomic E-state index is 13.5. The second kappa shape index (κ2) is 4.89. The van der Waals surface area contributed by atoms with Crippen molar-refractivity contribution in [1.82, 2.24) is 20.3 Å². The molecule has 0 saturated carbocycles. The Morgan fingerprint density at radius 1 is 1.42 bits per heavy atom. The van der Waals surface area contributed by atoms with E-state index in [2.05, 4.69) is 15.6 Å². The molecule has 6 heteroatoms. The second-order valence-corrected chi connectivity index (χ2v) is 4.59. The van der Waals surface area contributed by atoms with E-state index in [1.54, 1.807) is 29.1 Å². The molecule has 1 aliphatic rings. The van der Waals surface area contributed by atoms with Crippen LogP contribution >= 0.6 is 0 Å². The number of benzene rings is 1. The molecule has 1 N–H and O–H groups in total. The summed E-state index contributed by atoms with van der Waals surface area (Å²) in [5, 5.41) is 10.9. The van der Waals surface area contributed by atoms with E-state index in [0.717, 1.165) is 13.1 Å². The van der Waals surface area contributed by atoms with Crippen LogP contribution in [-0.4, -0.2) is 33.9 Å². The SMILES string of the molecule is O=C(Cc1ccccc1F)c1cn(C2CNC2)nn1. The van der Waals surface area contributed by atoms with Crippen molar-refractivity contribution in [2.75, 3.05) is 13.1 Å². The number of hydrogen-bond acceptors (Lipinski definition) is 4. The van der Waals surface area contributed by atoms with E-state index < -0.39 is 0 Å². The molecule has 1 aliphatic heterocycles. The molecular formula is C13H13FN4O. The van der Waals surface area contributed by atoms with Gasteiger partial charge in [0.1, 0.15) is 11.5 Å². The maximum Gasteiger partial charge on any atom is 0.189 e. The molecule has 0 radical (unpaired) electrons. The van der Waals surface area contributed by atoms with E-state index in [-0.39, 0.29) is 29.8 Å². The van der Waals surface area contributed by atoms with Crippen LogP contribution in [0.4, 0.5) is 4.39 Å². The smallest absolute Gasteiger partial charge is 0.189 e. The number of hydrogen-bond donors (Lipinski definition) is 1. The van der Waals surface area contributed by atoms with E-state index in [4.69, 9.17) is 0 Å². The minimum absolute atomic E-state index is 0.00822. The van der Waals surface area contributed by atoms with E-state index in [9.17, 15) is 9.18 Å². The fourth-order valence-corrected chi connectivity index (χ4v) is 1.95. The van der Waals surface area contributed by atoms with Gasteiger partial charge in [-0.15, -0.1) is 5.10 Å². The average Bonchev–Trinajstić information content (AvgIpc) is 2.79. The van der Waals surface area contributed by atoms with Gasteiger partial charge in [-0.2, -0.15) is 0 Å². The summed E-state index contributed by atoms with van der Waals surface area (Å²) in [6.45, 7) is 1.68. The van der Waals surface area contributed by atoms with E-state index in [1.807, 2.05) is 0 Å². The lowest BCUT2D eigenvalue weighted by Crippen LogP contribution is -2.43. The minimum Gasteiger partial charge on any atom is -0.312 e. The number of rotatable bonds is 4. The van der Waals surface area contributed by atoms with Crippen LogP contribution in [0, 0.1) is 5.82 Å². The lowest BCUT2D eigenvalue weighted by molar-refractivity contribution is 0.0987. The molecule has 0 bridgehead atoms. The molecular weight excluding hydrogens is 247 g/mol. The largest absolute Gasteiger partial charge is 0.312 e. The Labute approximate surface area is 109 Å². The number of aromatic nitrogens is 3. The molecule has 0 atom stereocenters. The maximum atomic E-state index is 13.5. The number of nitrogens with one attached hydrogen (secondary N) is 1. The quantitative estimate of drug-likeness (QED) is 0.833. The Kier molecular flexibility index (Phi) is 3.08. The van der Waals surface area contributed by atoms with Crippen LogP contribution in [0.15, 0.2) is 30.5 Å². The van der Waals surface area contributed by atoms with E-state index in [0.29, 0.717) is 5.56 Å². The molecule has 1 aromatic carbocycles. The van der Waals surface area contributed by atoms with Gasteiger partial charge in [0, 0.05) is 19.5 Å². The van der Waals surface area contributed by atoms with Gasteiger partial charge in [0.25, 0.3) is 0 Å². The fourth-order valence-electron chi connectivity index (χ4n) is 1.95. The molecule has 19 heavy (non-hydrogen) atoms. The molecule has 0 aliphatic carbocycles. The van der Waals surface area contributed by atoms with Crippen LogP contribution in [0.5, 0.6) is 0 Å². The van der Waals surface area contributed by atoms with Crippen molar-refractivity contribution >= 4 is 5.78 Å². The first kappa shape index (κ1) is 12.0. The van der Waals surface area contributed by atoms with Gasteiger partial charge in [-0.05, 0) is 11.6 Å². The molecule has 1 aromatic heterocycles. The van der Waals surface area contributed by atoms with Crippen molar-refractivity contribution in [2.24, 2.45) is 0 Å².